The third-order valence-corrected chi connectivity index (χ3v) is 4.99. The molecule has 2 aromatic rings. The molecule has 0 radical (unpaired) electrons. The summed E-state index contributed by atoms with van der Waals surface area (Å²) in [6.45, 7) is 1.26. The first-order valence-electron chi connectivity index (χ1n) is 7.25. The Hall–Kier alpha value is -1.83. The lowest BCUT2D eigenvalue weighted by Gasteiger charge is -2.31. The lowest BCUT2D eigenvalue weighted by molar-refractivity contribution is 0.0675. The molecule has 1 fully saturated rings. The molecule has 1 aliphatic heterocycles. The zero-order chi connectivity index (χ0) is 15.4. The van der Waals surface area contributed by atoms with Crippen LogP contribution < -0.4 is 0 Å². The van der Waals surface area contributed by atoms with E-state index in [9.17, 15) is 9.65 Å². The summed E-state index contributed by atoms with van der Waals surface area (Å²) in [6.07, 6.45) is 1.46. The van der Waals surface area contributed by atoms with Gasteiger partial charge in [-0.3, -0.25) is 0 Å². The van der Waals surface area contributed by atoms with Crippen LogP contribution in [0.4, 0.5) is 4.39 Å². The van der Waals surface area contributed by atoms with Crippen LogP contribution in [0.5, 0.6) is 0 Å². The van der Waals surface area contributed by atoms with Gasteiger partial charge in [0.2, 0.25) is 0 Å². The van der Waals surface area contributed by atoms with Crippen LogP contribution in [-0.2, 0) is 10.2 Å². The Balaban J connectivity index is 1.86. The second-order valence-corrected chi connectivity index (χ2v) is 6.54. The van der Waals surface area contributed by atoms with Crippen LogP contribution in [0, 0.1) is 17.1 Å². The molecule has 112 valence electrons. The van der Waals surface area contributed by atoms with Crippen molar-refractivity contribution in [3.8, 4) is 6.07 Å². The maximum atomic E-state index is 13.0. The molecule has 2 nitrogen and oxygen atoms in total. The Bertz CT molecular complexity index is 687. The molecule has 0 aliphatic carbocycles. The van der Waals surface area contributed by atoms with Crippen molar-refractivity contribution in [2.24, 2.45) is 0 Å². The third kappa shape index (κ3) is 3.16. The second kappa shape index (κ2) is 6.51. The lowest BCUT2D eigenvalue weighted by Crippen LogP contribution is -2.32. The monoisotopic (exact) mass is 313 g/mol. The molecule has 0 aromatic heterocycles. The number of hydrogen-bond acceptors (Lipinski definition) is 3. The Labute approximate surface area is 133 Å². The van der Waals surface area contributed by atoms with Crippen LogP contribution in [-0.4, -0.2) is 13.2 Å². The first kappa shape index (κ1) is 15.1. The van der Waals surface area contributed by atoms with Gasteiger partial charge in [-0.1, -0.05) is 23.9 Å². The highest BCUT2D eigenvalue weighted by Gasteiger charge is 2.34. The minimum atomic E-state index is -0.447. The van der Waals surface area contributed by atoms with Crippen molar-refractivity contribution in [3.05, 3.63) is 59.9 Å². The van der Waals surface area contributed by atoms with E-state index in [1.807, 2.05) is 18.2 Å². The van der Waals surface area contributed by atoms with E-state index in [2.05, 4.69) is 12.1 Å². The van der Waals surface area contributed by atoms with E-state index >= 15 is 0 Å². The highest BCUT2D eigenvalue weighted by molar-refractivity contribution is 7.99. The number of benzene rings is 2. The summed E-state index contributed by atoms with van der Waals surface area (Å²) in [6, 6.07) is 17.0. The number of halogens is 1. The van der Waals surface area contributed by atoms with Gasteiger partial charge in [-0.25, -0.2) is 4.39 Å². The summed E-state index contributed by atoms with van der Waals surface area (Å²) >= 11 is 1.58. The molecule has 1 heterocycles. The van der Waals surface area contributed by atoms with Crippen LogP contribution in [0.2, 0.25) is 0 Å². The summed E-state index contributed by atoms with van der Waals surface area (Å²) in [5.41, 5.74) is 0.600. The fraction of sp³-hybridized carbons (Fsp3) is 0.278. The topological polar surface area (TPSA) is 33.0 Å². The molecular weight excluding hydrogens is 297 g/mol. The van der Waals surface area contributed by atoms with E-state index in [0.29, 0.717) is 13.2 Å². The summed E-state index contributed by atoms with van der Waals surface area (Å²) < 4.78 is 18.4. The minimum absolute atomic E-state index is 0.233. The molecule has 0 spiro atoms. The molecule has 0 atom stereocenters. The average molecular weight is 313 g/mol. The van der Waals surface area contributed by atoms with Crippen LogP contribution >= 0.6 is 11.8 Å². The van der Waals surface area contributed by atoms with Crippen molar-refractivity contribution in [1.29, 1.82) is 5.26 Å². The Morgan fingerprint density at radius 2 is 1.77 bits per heavy atom. The maximum Gasteiger partial charge on any atom is 0.123 e. The SMILES string of the molecule is N#CC1(c2cccc(Sc3ccc(F)cc3)c2)CCOCC1. The summed E-state index contributed by atoms with van der Waals surface area (Å²) in [7, 11) is 0. The molecule has 22 heavy (non-hydrogen) atoms. The average Bonchev–Trinajstić information content (AvgIpc) is 2.58. The minimum Gasteiger partial charge on any atom is -0.381 e. The van der Waals surface area contributed by atoms with E-state index < -0.39 is 5.41 Å². The van der Waals surface area contributed by atoms with Gasteiger partial charge in [0.1, 0.15) is 5.82 Å². The molecule has 1 saturated heterocycles. The Kier molecular flexibility index (Phi) is 4.47. The van der Waals surface area contributed by atoms with Gasteiger partial charge in [0.15, 0.2) is 0 Å². The van der Waals surface area contributed by atoms with Gasteiger partial charge < -0.3 is 4.74 Å². The Morgan fingerprint density at radius 1 is 1.05 bits per heavy atom. The smallest absolute Gasteiger partial charge is 0.123 e. The van der Waals surface area contributed by atoms with Gasteiger partial charge in [0.25, 0.3) is 0 Å². The van der Waals surface area contributed by atoms with Crippen LogP contribution in [0.25, 0.3) is 0 Å². The zero-order valence-corrected chi connectivity index (χ0v) is 12.9. The summed E-state index contributed by atoms with van der Waals surface area (Å²) in [4.78, 5) is 2.04. The highest BCUT2D eigenvalue weighted by atomic mass is 32.2. The van der Waals surface area contributed by atoms with Crippen LogP contribution in [0.1, 0.15) is 18.4 Å². The summed E-state index contributed by atoms with van der Waals surface area (Å²) in [5.74, 6) is -0.233. The number of rotatable bonds is 3. The van der Waals surface area contributed by atoms with Crippen molar-refractivity contribution >= 4 is 11.8 Å². The molecule has 0 saturated carbocycles. The van der Waals surface area contributed by atoms with Gasteiger partial charge in [0.05, 0.1) is 11.5 Å². The predicted molar refractivity (Wildman–Crippen MR) is 84.3 cm³/mol. The molecule has 1 aliphatic rings. The fourth-order valence-electron chi connectivity index (χ4n) is 2.68. The summed E-state index contributed by atoms with van der Waals surface area (Å²) in [5, 5.41) is 9.65. The van der Waals surface area contributed by atoms with Crippen LogP contribution in [0.3, 0.4) is 0 Å². The Morgan fingerprint density at radius 3 is 2.45 bits per heavy atom. The molecule has 0 bridgehead atoms. The zero-order valence-electron chi connectivity index (χ0n) is 12.1. The molecular formula is C18H16FNOS. The number of hydrogen-bond donors (Lipinski definition) is 0. The lowest BCUT2D eigenvalue weighted by atomic mass is 9.75. The number of ether oxygens (including phenoxy) is 1. The van der Waals surface area contributed by atoms with Gasteiger partial charge in [-0.05, 0) is 54.8 Å². The predicted octanol–water partition coefficient (Wildman–Crippen LogP) is 4.55. The van der Waals surface area contributed by atoms with E-state index in [-0.39, 0.29) is 5.82 Å². The molecule has 0 unspecified atom stereocenters. The normalized spacial score (nSPS) is 16.9. The third-order valence-electron chi connectivity index (χ3n) is 4.00. The van der Waals surface area contributed by atoms with Crippen molar-refractivity contribution in [2.45, 2.75) is 28.0 Å². The van der Waals surface area contributed by atoms with E-state index in [4.69, 9.17) is 4.74 Å². The largest absolute Gasteiger partial charge is 0.381 e. The first-order chi connectivity index (χ1) is 10.7. The highest BCUT2D eigenvalue weighted by Crippen LogP contribution is 2.37. The van der Waals surface area contributed by atoms with E-state index in [0.717, 1.165) is 28.2 Å². The van der Waals surface area contributed by atoms with Crippen molar-refractivity contribution < 1.29 is 9.13 Å². The molecule has 4 heteroatoms. The van der Waals surface area contributed by atoms with E-state index in [1.54, 1.807) is 23.9 Å². The van der Waals surface area contributed by atoms with Gasteiger partial charge in [-0.2, -0.15) is 5.26 Å². The van der Waals surface area contributed by atoms with E-state index in [1.165, 1.54) is 12.1 Å². The van der Waals surface area contributed by atoms with Crippen LogP contribution in [0.15, 0.2) is 58.3 Å². The maximum absolute atomic E-state index is 13.0. The standard InChI is InChI=1S/C18H16FNOS/c19-15-4-6-16(7-5-15)22-17-3-1-2-14(12-17)18(13-20)8-10-21-11-9-18/h1-7,12H,8-11H2. The van der Waals surface area contributed by atoms with Crippen molar-refractivity contribution in [3.63, 3.8) is 0 Å². The molecule has 3 rings (SSSR count). The molecule has 0 amide bonds. The fourth-order valence-corrected chi connectivity index (χ4v) is 3.56. The van der Waals surface area contributed by atoms with Gasteiger partial charge >= 0.3 is 0 Å². The van der Waals surface area contributed by atoms with Crippen molar-refractivity contribution in [1.82, 2.24) is 0 Å². The van der Waals surface area contributed by atoms with Crippen molar-refractivity contribution in [2.75, 3.05) is 13.2 Å². The van der Waals surface area contributed by atoms with Gasteiger partial charge in [-0.15, -0.1) is 0 Å². The second-order valence-electron chi connectivity index (χ2n) is 5.39. The molecule has 2 aromatic carbocycles. The van der Waals surface area contributed by atoms with Gasteiger partial charge in [0, 0.05) is 23.0 Å². The number of nitrogens with zero attached hydrogens (tertiary/aromatic N) is 1. The number of nitriles is 1. The first-order valence-corrected chi connectivity index (χ1v) is 8.06. The quantitative estimate of drug-likeness (QED) is 0.833. The molecule has 0 N–H and O–H groups in total.